The largest absolute Gasteiger partial charge is 0.481 e. The number of unbranched alkanes of at least 4 members (excludes halogenated alkanes) is 2. The molecule has 5 heterocycles. The zero-order valence-electron chi connectivity index (χ0n) is 79.9. The molecule has 1 aromatic rings. The van der Waals surface area contributed by atoms with E-state index in [1.165, 1.54) is 24.3 Å². The van der Waals surface area contributed by atoms with Gasteiger partial charge in [-0.1, -0.05) is 0 Å². The number of carboxylic acid groups (broad SMARTS) is 4. The quantitative estimate of drug-likeness (QED) is 0.0164. The predicted molar refractivity (Wildman–Crippen MR) is 504 cm³/mol. The number of guanidine groups is 2. The number of carboxylic acids is 4. The number of rotatable bonds is 57. The number of thioether (sulfide) groups is 1. The van der Waals surface area contributed by atoms with E-state index in [1.54, 1.807) is 6.26 Å². The van der Waals surface area contributed by atoms with Gasteiger partial charge in [0.1, 0.15) is 84.6 Å². The van der Waals surface area contributed by atoms with Crippen molar-refractivity contribution in [3.8, 4) is 0 Å². The molecule has 5 rings (SSSR count). The lowest BCUT2D eigenvalue weighted by Crippen LogP contribution is -2.59. The second kappa shape index (κ2) is 61.3. The van der Waals surface area contributed by atoms with Crippen LogP contribution in [0.15, 0.2) is 22.5 Å². The van der Waals surface area contributed by atoms with Crippen LogP contribution in [0.3, 0.4) is 0 Å². The summed E-state index contributed by atoms with van der Waals surface area (Å²) in [5, 5.41) is 87.1. The van der Waals surface area contributed by atoms with Crippen LogP contribution < -0.4 is 125 Å². The zero-order chi connectivity index (χ0) is 107. The molecular formula is C84H134N30O29S. The fourth-order valence-corrected chi connectivity index (χ4v) is 16.1. The van der Waals surface area contributed by atoms with Crippen LogP contribution in [0.2, 0.25) is 0 Å². The number of carbonyl (C=O) groups is 24. The molecule has 17 atom stereocenters. The Labute approximate surface area is 829 Å². The first kappa shape index (κ1) is 120. The number of nitrogens with zero attached hydrogens (tertiary/aromatic N) is 6. The number of primary amides is 1. The van der Waals surface area contributed by atoms with Gasteiger partial charge in [-0.2, -0.15) is 16.8 Å². The standard InChI is InChI=1S/C84H134N30O29S/c1-41(67(127)111-66(42(2)115)82(142)143)99-78(138)56-18-10-27-112(56)62(120)39-97-70(130)45(14-4-6-23-85)103-74(134)50(31-43-36-92-40-98-43)107-79(139)57-19-12-29-114(57)80(140)53(32-58(88)116)108-68(128)44(87)13-8-26-94-84(91)110-61(119)38-96-77(137)55-17-11-28-113(55)81(141)54(35-65(125)126)109-76(136)52(34-64(123)124)106-73(133)49(22-30-144-3)100-59(117)21-20-48-72(132)104-47(15-5-7-24-86)71(131)102-46(16-9-25-93-83(89)90)69(129)95-37-60(118)101-51(33-63(121)122)75(135)105-48/h36,40-42,44-57,66,115H,4-35,37-39,85-87H2,1-3H3,(H2,88,116)(H,92,98)(H,95,129)(H,96,137)(H,97,130)(H,99,138)(H,100,117)(H,101,118)(H,102,131)(H,103,134)(H,104,132)(H,105,135)(H,106,133)(H,107,139)(H,108,128)(H,109,136)(H,111,127)(H,121,122)(H,123,124)(H,125,126)(H,142,143)(H4,89,90,93)(H3,91,94,110,119)/t41-,42+,44-,45-,46-,47-,48-,49-,50-,51-,52-,53-,54-,55-,56-,57-,66-/m0/s1. The number of H-pyrrole nitrogens is 1. The van der Waals surface area contributed by atoms with Crippen LogP contribution in [0.1, 0.15) is 167 Å². The van der Waals surface area contributed by atoms with E-state index < -0.39 is 309 Å². The van der Waals surface area contributed by atoms with E-state index in [-0.39, 0.29) is 160 Å². The number of nitrogens with one attached hydrogen (secondary N) is 17. The molecule has 4 saturated heterocycles. The van der Waals surface area contributed by atoms with Crippen LogP contribution in [-0.2, 0) is 121 Å². The molecule has 59 nitrogen and oxygen atoms in total. The maximum atomic E-state index is 14.4. The minimum atomic E-state index is -2.12. The van der Waals surface area contributed by atoms with Crippen LogP contribution in [-0.4, -0.2) is 384 Å². The van der Waals surface area contributed by atoms with Gasteiger partial charge in [0, 0.05) is 51.8 Å². The van der Waals surface area contributed by atoms with Crippen molar-refractivity contribution < 1.29 is 141 Å². The normalized spacial score (nSPS) is 19.9. The second-order valence-corrected chi connectivity index (χ2v) is 35.4. The van der Waals surface area contributed by atoms with Gasteiger partial charge >= 0.3 is 23.9 Å². The van der Waals surface area contributed by atoms with Crippen LogP contribution in [0.5, 0.6) is 0 Å². The average Bonchev–Trinajstić information content (AvgIpc) is 1.66. The van der Waals surface area contributed by atoms with Gasteiger partial charge in [0.15, 0.2) is 18.0 Å². The van der Waals surface area contributed by atoms with Crippen molar-refractivity contribution in [3.05, 3.63) is 18.2 Å². The Balaban J connectivity index is 1.17. The van der Waals surface area contributed by atoms with Crippen LogP contribution in [0, 0.1) is 0 Å². The molecular weight excluding hydrogens is 1930 g/mol. The molecule has 800 valence electrons. The molecule has 60 heteroatoms. The van der Waals surface area contributed by atoms with Gasteiger partial charge in [0.25, 0.3) is 5.91 Å². The highest BCUT2D eigenvalue weighted by Gasteiger charge is 2.45. The fraction of sp³-hybridized carbons (Fsp3) is 0.655. The molecule has 4 fully saturated rings. The topological polar surface area (TPSA) is 949 Å². The Kier molecular flexibility index (Phi) is 51.0. The van der Waals surface area contributed by atoms with Crippen molar-refractivity contribution in [3.63, 3.8) is 0 Å². The number of aliphatic imine (C=N–C) groups is 2. The first-order valence-corrected chi connectivity index (χ1v) is 48.1. The number of aromatic amines is 1. The van der Waals surface area contributed by atoms with Crippen LogP contribution >= 0.6 is 11.8 Å². The lowest BCUT2D eigenvalue weighted by atomic mass is 10.0. The van der Waals surface area contributed by atoms with E-state index in [4.69, 9.17) is 40.1 Å². The first-order valence-electron chi connectivity index (χ1n) is 46.7. The summed E-state index contributed by atoms with van der Waals surface area (Å²) in [5.74, 6) is -27.4. The smallest absolute Gasteiger partial charge is 0.328 e. The Morgan fingerprint density at radius 1 is 0.521 bits per heavy atom. The van der Waals surface area contributed by atoms with Crippen molar-refractivity contribution in [2.75, 3.05) is 77.5 Å². The molecule has 0 aliphatic carbocycles. The molecule has 0 bridgehead atoms. The number of aliphatic hydroxyl groups is 1. The average molecular weight is 2060 g/mol. The number of nitrogens with two attached hydrogens (primary N) is 7. The molecule has 36 N–H and O–H groups in total. The Morgan fingerprint density at radius 3 is 1.62 bits per heavy atom. The maximum Gasteiger partial charge on any atom is 0.328 e. The summed E-state index contributed by atoms with van der Waals surface area (Å²) in [6, 6.07) is -25.1. The number of aliphatic carboxylic acids is 4. The Morgan fingerprint density at radius 2 is 1.05 bits per heavy atom. The van der Waals surface area contributed by atoms with Gasteiger partial charge < -0.3 is 170 Å². The number of aliphatic hydroxyl groups excluding tert-OH is 1. The molecule has 0 radical (unpaired) electrons. The first-order chi connectivity index (χ1) is 68.2. The van der Waals surface area contributed by atoms with Crippen molar-refractivity contribution in [1.82, 2.24) is 110 Å². The van der Waals surface area contributed by atoms with E-state index in [2.05, 4.69) is 105 Å². The summed E-state index contributed by atoms with van der Waals surface area (Å²) < 4.78 is 0. The van der Waals surface area contributed by atoms with Gasteiger partial charge in [-0.25, -0.2) is 9.78 Å². The predicted octanol–water partition coefficient (Wildman–Crippen LogP) is -13.7. The molecule has 4 aliphatic rings. The number of hydrogen-bond donors (Lipinski definition) is 29. The number of likely N-dealkylation sites (tertiary alicyclic amines) is 3. The summed E-state index contributed by atoms with van der Waals surface area (Å²) in [6.07, 6.45) is -1.61. The van der Waals surface area contributed by atoms with E-state index in [0.717, 1.165) is 28.5 Å². The Bertz CT molecular complexity index is 4780. The minimum Gasteiger partial charge on any atom is -0.481 e. The minimum absolute atomic E-state index is 0.000836. The summed E-state index contributed by atoms with van der Waals surface area (Å²) >= 11 is 1.16. The third kappa shape index (κ3) is 41.2. The molecule has 0 saturated carbocycles. The van der Waals surface area contributed by atoms with E-state index >= 15 is 0 Å². The van der Waals surface area contributed by atoms with Gasteiger partial charge in [-0.15, -0.1) is 0 Å². The lowest BCUT2D eigenvalue weighted by molar-refractivity contribution is -0.147. The summed E-state index contributed by atoms with van der Waals surface area (Å²) in [7, 11) is 0. The molecule has 1 aromatic heterocycles. The zero-order valence-corrected chi connectivity index (χ0v) is 80.7. The number of imidazole rings is 1. The molecule has 0 aromatic carbocycles. The summed E-state index contributed by atoms with van der Waals surface area (Å²) in [4.78, 5) is 341. The second-order valence-electron chi connectivity index (χ2n) is 34.4. The third-order valence-corrected chi connectivity index (χ3v) is 23.8. The van der Waals surface area contributed by atoms with Crippen molar-refractivity contribution in [1.29, 1.82) is 0 Å². The molecule has 20 amide bonds. The van der Waals surface area contributed by atoms with E-state index in [0.29, 0.717) is 19.3 Å². The van der Waals surface area contributed by atoms with Crippen molar-refractivity contribution >= 4 is 166 Å². The monoisotopic (exact) mass is 2060 g/mol. The van der Waals surface area contributed by atoms with Crippen molar-refractivity contribution in [2.24, 2.45) is 50.1 Å². The molecule has 0 spiro atoms. The van der Waals surface area contributed by atoms with Crippen LogP contribution in [0.25, 0.3) is 0 Å². The van der Waals surface area contributed by atoms with Crippen LogP contribution in [0.4, 0.5) is 0 Å². The number of aromatic nitrogens is 2. The number of amides is 20. The van der Waals surface area contributed by atoms with Crippen molar-refractivity contribution in [2.45, 2.75) is 271 Å². The molecule has 0 unspecified atom stereocenters. The highest BCUT2D eigenvalue weighted by atomic mass is 32.2. The fourth-order valence-electron chi connectivity index (χ4n) is 15.6. The molecule has 4 aliphatic heterocycles. The van der Waals surface area contributed by atoms with E-state index in [1.807, 2.05) is 0 Å². The lowest BCUT2D eigenvalue weighted by Gasteiger charge is -2.30. The van der Waals surface area contributed by atoms with E-state index in [9.17, 15) is 141 Å². The van der Waals surface area contributed by atoms with Gasteiger partial charge in [-0.05, 0) is 155 Å². The summed E-state index contributed by atoms with van der Waals surface area (Å²) in [5.41, 5.74) is 40.3. The summed E-state index contributed by atoms with van der Waals surface area (Å²) in [6.45, 7) is 0.0552. The highest BCUT2D eigenvalue weighted by molar-refractivity contribution is 7.98. The Hall–Kier alpha value is -14.6. The highest BCUT2D eigenvalue weighted by Crippen LogP contribution is 2.24. The SMILES string of the molecule is CSCC[C@H](NC(=O)CC[C@@H]1NC(=O)[C@H](CC(=O)O)NC(=O)CNC(=O)[C@H](CCCN=C(N)N)NC(=O)[C@H](CCCCN)NC1=O)C(=O)N[C@@H](CC(=O)O)C(=O)N[C@@H](CC(=O)O)C(=O)N1CCC[C@H]1C(=O)NCC(=O)N=C(N)NCCC[C@H](N)C(=O)N[C@@H](CC(N)=O)C(=O)N1CCC[C@H]1C(=O)N[C@@H](Cc1c[nH]cn1)C(=O)N[C@@H](CCCCN)C(=O)NCC(=O)N1CCC[C@H]1C(=O)N[C@@H](C)C(=O)N[C@H](C(=O)O)[C@@H](C)O. The molecule has 144 heavy (non-hydrogen) atoms. The van der Waals surface area contributed by atoms with Gasteiger partial charge in [0.05, 0.1) is 69.5 Å². The number of carbonyl (C=O) groups excluding carboxylic acids is 20. The number of hydrogen-bond acceptors (Lipinski definition) is 31. The van der Waals surface area contributed by atoms with Gasteiger partial charge in [-0.3, -0.25) is 115 Å². The third-order valence-electron chi connectivity index (χ3n) is 23.1. The maximum absolute atomic E-state index is 14.4. The van der Waals surface area contributed by atoms with Gasteiger partial charge in [0.2, 0.25) is 112 Å².